The second kappa shape index (κ2) is 4.26. The highest BCUT2D eigenvalue weighted by molar-refractivity contribution is 5.92. The van der Waals surface area contributed by atoms with Gasteiger partial charge in [0, 0.05) is 19.3 Å². The van der Waals surface area contributed by atoms with Crippen LogP contribution < -0.4 is 10.0 Å². The summed E-state index contributed by atoms with van der Waals surface area (Å²) in [7, 11) is 0. The van der Waals surface area contributed by atoms with E-state index < -0.39 is 5.97 Å². The summed E-state index contributed by atoms with van der Waals surface area (Å²) in [6, 6.07) is 1.81. The molecule has 3 rings (SSSR count). The standard InChI is InChI=1S/C11H12N4O3/c16-11(17)8-7-12-15-2-1-9(13-10(8)15)14-3-5-18-6-4-14/h1-2,7H,3-6H2,(H,16,17)/p-1. The fourth-order valence-corrected chi connectivity index (χ4v) is 1.97. The van der Waals surface area contributed by atoms with E-state index in [1.54, 1.807) is 6.20 Å². The smallest absolute Gasteiger partial charge is 0.166 e. The highest BCUT2D eigenvalue weighted by atomic mass is 16.5. The Kier molecular flexibility index (Phi) is 2.60. The Labute approximate surface area is 103 Å². The fraction of sp³-hybridized carbons (Fsp3) is 0.364. The molecular weight excluding hydrogens is 236 g/mol. The maximum atomic E-state index is 10.9. The number of anilines is 1. The van der Waals surface area contributed by atoms with Gasteiger partial charge in [0.25, 0.3) is 0 Å². The third-order valence-corrected chi connectivity index (χ3v) is 2.91. The number of hydrogen-bond acceptors (Lipinski definition) is 6. The number of carbonyl (C=O) groups is 1. The van der Waals surface area contributed by atoms with Crippen LogP contribution in [0.15, 0.2) is 18.5 Å². The molecule has 94 valence electrons. The summed E-state index contributed by atoms with van der Waals surface area (Å²) in [5.74, 6) is -0.537. The Morgan fingerprint density at radius 2 is 2.17 bits per heavy atom. The molecule has 7 nitrogen and oxygen atoms in total. The molecule has 0 unspecified atom stereocenters. The van der Waals surface area contributed by atoms with Crippen molar-refractivity contribution in [1.29, 1.82) is 0 Å². The number of rotatable bonds is 2. The molecule has 0 spiro atoms. The molecule has 0 aliphatic carbocycles. The number of aromatic carboxylic acids is 1. The first-order chi connectivity index (χ1) is 8.75. The molecule has 18 heavy (non-hydrogen) atoms. The lowest BCUT2D eigenvalue weighted by Crippen LogP contribution is -2.36. The van der Waals surface area contributed by atoms with Gasteiger partial charge in [0.15, 0.2) is 5.65 Å². The van der Waals surface area contributed by atoms with E-state index in [9.17, 15) is 9.90 Å². The Bertz CT molecular complexity index is 589. The molecule has 0 bridgehead atoms. The number of carboxylic acids is 1. The first-order valence-corrected chi connectivity index (χ1v) is 5.64. The van der Waals surface area contributed by atoms with Crippen LogP contribution in [-0.4, -0.2) is 46.9 Å². The van der Waals surface area contributed by atoms with Crippen molar-refractivity contribution in [3.8, 4) is 0 Å². The van der Waals surface area contributed by atoms with Gasteiger partial charge in [-0.25, -0.2) is 9.50 Å². The summed E-state index contributed by atoms with van der Waals surface area (Å²) in [5.41, 5.74) is 0.309. The molecule has 0 aromatic carbocycles. The molecule has 0 N–H and O–H groups in total. The van der Waals surface area contributed by atoms with Crippen molar-refractivity contribution in [3.63, 3.8) is 0 Å². The summed E-state index contributed by atoms with van der Waals surface area (Å²) >= 11 is 0. The van der Waals surface area contributed by atoms with Gasteiger partial charge >= 0.3 is 0 Å². The number of fused-ring (bicyclic) bond motifs is 1. The van der Waals surface area contributed by atoms with E-state index in [4.69, 9.17) is 4.74 Å². The predicted molar refractivity (Wildman–Crippen MR) is 60.3 cm³/mol. The minimum atomic E-state index is -1.27. The van der Waals surface area contributed by atoms with Gasteiger partial charge in [-0.3, -0.25) is 0 Å². The van der Waals surface area contributed by atoms with Gasteiger partial charge in [0.1, 0.15) is 5.82 Å². The van der Waals surface area contributed by atoms with Crippen LogP contribution in [0.25, 0.3) is 5.65 Å². The summed E-state index contributed by atoms with van der Waals surface area (Å²) in [4.78, 5) is 17.3. The molecule has 1 aliphatic heterocycles. The zero-order valence-corrected chi connectivity index (χ0v) is 9.57. The Morgan fingerprint density at radius 3 is 2.89 bits per heavy atom. The molecule has 2 aromatic heterocycles. The van der Waals surface area contributed by atoms with Crippen molar-refractivity contribution in [2.24, 2.45) is 0 Å². The third-order valence-electron chi connectivity index (χ3n) is 2.91. The van der Waals surface area contributed by atoms with Crippen LogP contribution >= 0.6 is 0 Å². The molecule has 1 aliphatic rings. The average Bonchev–Trinajstić information content (AvgIpc) is 2.82. The Balaban J connectivity index is 2.03. The van der Waals surface area contributed by atoms with Crippen LogP contribution in [-0.2, 0) is 4.74 Å². The normalized spacial score (nSPS) is 16.1. The number of carboxylic acid groups (broad SMARTS) is 1. The molecule has 1 fully saturated rings. The lowest BCUT2D eigenvalue weighted by Gasteiger charge is -2.27. The van der Waals surface area contributed by atoms with Gasteiger partial charge in [-0.15, -0.1) is 0 Å². The minimum absolute atomic E-state index is 0.00473. The largest absolute Gasteiger partial charge is 0.545 e. The van der Waals surface area contributed by atoms with E-state index in [-0.39, 0.29) is 5.56 Å². The molecule has 3 heterocycles. The number of carbonyl (C=O) groups excluding carboxylic acids is 1. The second-order valence-electron chi connectivity index (χ2n) is 4.00. The number of morpholine rings is 1. The van der Waals surface area contributed by atoms with Crippen LogP contribution in [0.3, 0.4) is 0 Å². The zero-order chi connectivity index (χ0) is 12.5. The average molecular weight is 247 g/mol. The third kappa shape index (κ3) is 1.78. The Hall–Kier alpha value is -2.15. The maximum absolute atomic E-state index is 10.9. The maximum Gasteiger partial charge on any atom is 0.166 e. The van der Waals surface area contributed by atoms with Crippen molar-refractivity contribution in [3.05, 3.63) is 24.0 Å². The predicted octanol–water partition coefficient (Wildman–Crippen LogP) is -1.07. The monoisotopic (exact) mass is 247 g/mol. The van der Waals surface area contributed by atoms with Gasteiger partial charge < -0.3 is 19.5 Å². The van der Waals surface area contributed by atoms with Crippen molar-refractivity contribution in [2.75, 3.05) is 31.2 Å². The molecule has 0 atom stereocenters. The number of ether oxygens (including phenoxy) is 1. The van der Waals surface area contributed by atoms with Gasteiger partial charge in [-0.2, -0.15) is 5.10 Å². The molecular formula is C11H11N4O3-. The van der Waals surface area contributed by atoms with Gasteiger partial charge in [-0.1, -0.05) is 0 Å². The molecule has 0 saturated carbocycles. The number of hydrogen-bond donors (Lipinski definition) is 0. The summed E-state index contributed by atoms with van der Waals surface area (Å²) in [5, 5.41) is 14.8. The van der Waals surface area contributed by atoms with Crippen LogP contribution in [0.5, 0.6) is 0 Å². The van der Waals surface area contributed by atoms with Crippen molar-refractivity contribution >= 4 is 17.4 Å². The summed E-state index contributed by atoms with van der Waals surface area (Å²) in [6.45, 7) is 2.80. The van der Waals surface area contributed by atoms with E-state index in [0.29, 0.717) is 18.9 Å². The quantitative estimate of drug-likeness (QED) is 0.672. The molecule has 7 heteroatoms. The zero-order valence-electron chi connectivity index (χ0n) is 9.57. The highest BCUT2D eigenvalue weighted by Gasteiger charge is 2.14. The van der Waals surface area contributed by atoms with Gasteiger partial charge in [0.05, 0.1) is 30.9 Å². The topological polar surface area (TPSA) is 82.8 Å². The van der Waals surface area contributed by atoms with Gasteiger partial charge in [-0.05, 0) is 6.07 Å². The molecule has 1 saturated heterocycles. The van der Waals surface area contributed by atoms with Crippen LogP contribution in [0, 0.1) is 0 Å². The molecule has 2 aromatic rings. The first-order valence-electron chi connectivity index (χ1n) is 5.64. The lowest BCUT2D eigenvalue weighted by molar-refractivity contribution is -0.254. The van der Waals surface area contributed by atoms with E-state index in [0.717, 1.165) is 18.9 Å². The Morgan fingerprint density at radius 1 is 1.39 bits per heavy atom. The van der Waals surface area contributed by atoms with Crippen LogP contribution in [0.2, 0.25) is 0 Å². The minimum Gasteiger partial charge on any atom is -0.545 e. The van der Waals surface area contributed by atoms with E-state index in [2.05, 4.69) is 15.0 Å². The highest BCUT2D eigenvalue weighted by Crippen LogP contribution is 2.15. The number of aromatic nitrogens is 3. The van der Waals surface area contributed by atoms with E-state index in [1.165, 1.54) is 10.7 Å². The first kappa shape index (κ1) is 11.0. The summed E-state index contributed by atoms with van der Waals surface area (Å²) in [6.07, 6.45) is 2.94. The van der Waals surface area contributed by atoms with Gasteiger partial charge in [0.2, 0.25) is 0 Å². The second-order valence-corrected chi connectivity index (χ2v) is 4.00. The van der Waals surface area contributed by atoms with Crippen molar-refractivity contribution in [2.45, 2.75) is 0 Å². The SMILES string of the molecule is O=C([O-])c1cnn2ccc(N3CCOCC3)nc12. The summed E-state index contributed by atoms with van der Waals surface area (Å²) < 4.78 is 6.69. The molecule has 0 radical (unpaired) electrons. The van der Waals surface area contributed by atoms with Crippen molar-refractivity contribution < 1.29 is 14.6 Å². The fourth-order valence-electron chi connectivity index (χ4n) is 1.97. The van der Waals surface area contributed by atoms with E-state index >= 15 is 0 Å². The number of nitrogens with zero attached hydrogens (tertiary/aromatic N) is 4. The van der Waals surface area contributed by atoms with Crippen LogP contribution in [0.1, 0.15) is 10.4 Å². The van der Waals surface area contributed by atoms with Crippen LogP contribution in [0.4, 0.5) is 5.82 Å². The lowest BCUT2D eigenvalue weighted by atomic mass is 10.3. The van der Waals surface area contributed by atoms with Crippen molar-refractivity contribution in [1.82, 2.24) is 14.6 Å². The van der Waals surface area contributed by atoms with E-state index in [1.807, 2.05) is 6.07 Å². The molecule has 0 amide bonds.